The number of aliphatic imine (C=N–C) groups is 1. The summed E-state index contributed by atoms with van der Waals surface area (Å²) in [6.45, 7) is 0.697. The summed E-state index contributed by atoms with van der Waals surface area (Å²) >= 11 is 13.5. The zero-order valence-electron chi connectivity index (χ0n) is 16.3. The number of guanidine groups is 1. The van der Waals surface area contributed by atoms with Gasteiger partial charge in [-0.15, -0.1) is 0 Å². The fourth-order valence-electron chi connectivity index (χ4n) is 3.28. The van der Waals surface area contributed by atoms with E-state index in [1.54, 1.807) is 7.05 Å². The van der Waals surface area contributed by atoms with Gasteiger partial charge in [0.2, 0.25) is 5.96 Å². The van der Waals surface area contributed by atoms with Crippen LogP contribution in [0.5, 0.6) is 0 Å². The van der Waals surface area contributed by atoms with E-state index in [-0.39, 0.29) is 5.92 Å². The van der Waals surface area contributed by atoms with Crippen LogP contribution in [0, 0.1) is 0 Å². The number of benzene rings is 3. The van der Waals surface area contributed by atoms with Crippen molar-refractivity contribution in [3.8, 4) is 0 Å². The SMILES string of the molecule is CN=C(NSc1ccc(Cl)cc1)N1CC(c2ccccc2)C(c2ccc(Cl)cc2)=N1. The molecule has 7 heteroatoms. The molecule has 0 spiro atoms. The van der Waals surface area contributed by atoms with Crippen molar-refractivity contribution in [2.45, 2.75) is 10.8 Å². The maximum Gasteiger partial charge on any atom is 0.225 e. The molecule has 4 nitrogen and oxygen atoms in total. The van der Waals surface area contributed by atoms with Gasteiger partial charge < -0.3 is 0 Å². The van der Waals surface area contributed by atoms with Gasteiger partial charge in [-0.25, -0.2) is 5.01 Å². The average molecular weight is 455 g/mol. The largest absolute Gasteiger partial charge is 0.295 e. The molecule has 1 N–H and O–H groups in total. The molecule has 0 radical (unpaired) electrons. The number of halogens is 2. The summed E-state index contributed by atoms with van der Waals surface area (Å²) in [5.74, 6) is 0.825. The van der Waals surface area contributed by atoms with Crippen molar-refractivity contribution in [3.63, 3.8) is 0 Å². The first-order valence-electron chi connectivity index (χ1n) is 9.46. The second-order valence-corrected chi connectivity index (χ2v) is 8.50. The molecular weight excluding hydrogens is 435 g/mol. The van der Waals surface area contributed by atoms with Crippen LogP contribution in [0.2, 0.25) is 10.0 Å². The third-order valence-corrected chi connectivity index (χ3v) is 6.08. The Bertz CT molecular complexity index is 1050. The Morgan fingerprint density at radius 3 is 2.23 bits per heavy atom. The summed E-state index contributed by atoms with van der Waals surface area (Å²) in [5.41, 5.74) is 3.27. The molecule has 4 rings (SSSR count). The Morgan fingerprint density at radius 2 is 1.60 bits per heavy atom. The Kier molecular flexibility index (Phi) is 6.62. The standard InChI is InChI=1S/C23H20Cl2N4S/c1-26-23(28-30-20-13-11-19(25)12-14-20)29-15-21(16-5-3-2-4-6-16)22(27-29)17-7-9-18(24)10-8-17/h2-14,21H,15H2,1H3,(H,26,28). The van der Waals surface area contributed by atoms with Crippen molar-refractivity contribution in [3.05, 3.63) is 100 Å². The highest BCUT2D eigenvalue weighted by Gasteiger charge is 2.31. The molecule has 152 valence electrons. The van der Waals surface area contributed by atoms with E-state index >= 15 is 0 Å². The van der Waals surface area contributed by atoms with Gasteiger partial charge >= 0.3 is 0 Å². The van der Waals surface area contributed by atoms with Crippen LogP contribution < -0.4 is 4.72 Å². The monoisotopic (exact) mass is 454 g/mol. The molecule has 1 aliphatic rings. The van der Waals surface area contributed by atoms with E-state index in [2.05, 4.69) is 34.0 Å². The topological polar surface area (TPSA) is 40.0 Å². The van der Waals surface area contributed by atoms with Crippen molar-refractivity contribution >= 4 is 46.8 Å². The van der Waals surface area contributed by atoms with Gasteiger partial charge in [-0.2, -0.15) is 5.10 Å². The highest BCUT2D eigenvalue weighted by atomic mass is 35.5. The summed E-state index contributed by atoms with van der Waals surface area (Å²) in [7, 11) is 1.76. The van der Waals surface area contributed by atoms with Gasteiger partial charge in [0.1, 0.15) is 0 Å². The number of hydrazone groups is 1. The number of hydrogen-bond donors (Lipinski definition) is 1. The van der Waals surface area contributed by atoms with Crippen molar-refractivity contribution < 1.29 is 0 Å². The smallest absolute Gasteiger partial charge is 0.225 e. The second kappa shape index (κ2) is 9.56. The predicted octanol–water partition coefficient (Wildman–Crippen LogP) is 6.08. The van der Waals surface area contributed by atoms with Crippen LogP contribution in [-0.4, -0.2) is 30.3 Å². The summed E-state index contributed by atoms with van der Waals surface area (Å²) in [6.07, 6.45) is 0. The van der Waals surface area contributed by atoms with Crippen LogP contribution in [0.3, 0.4) is 0 Å². The Balaban J connectivity index is 1.59. The first-order chi connectivity index (χ1) is 14.6. The molecule has 30 heavy (non-hydrogen) atoms. The van der Waals surface area contributed by atoms with Gasteiger partial charge in [-0.1, -0.05) is 65.7 Å². The van der Waals surface area contributed by atoms with E-state index in [0.717, 1.165) is 16.2 Å². The molecule has 0 bridgehead atoms. The molecule has 3 aromatic carbocycles. The lowest BCUT2D eigenvalue weighted by molar-refractivity contribution is 0.465. The van der Waals surface area contributed by atoms with E-state index < -0.39 is 0 Å². The lowest BCUT2D eigenvalue weighted by Crippen LogP contribution is -2.34. The van der Waals surface area contributed by atoms with Crippen LogP contribution in [0.15, 0.2) is 93.9 Å². The van der Waals surface area contributed by atoms with Crippen molar-refractivity contribution in [1.82, 2.24) is 9.73 Å². The first-order valence-corrected chi connectivity index (χ1v) is 11.0. The lowest BCUT2D eigenvalue weighted by atomic mass is 9.91. The molecule has 3 aromatic rings. The molecule has 1 atom stereocenters. The summed E-state index contributed by atoms with van der Waals surface area (Å²) in [4.78, 5) is 5.47. The van der Waals surface area contributed by atoms with Crippen LogP contribution in [0.4, 0.5) is 0 Å². The van der Waals surface area contributed by atoms with E-state index in [1.807, 2.05) is 59.6 Å². The Labute approximate surface area is 190 Å². The molecule has 0 saturated heterocycles. The van der Waals surface area contributed by atoms with Crippen molar-refractivity contribution in [1.29, 1.82) is 0 Å². The molecule has 0 saturated carbocycles. The summed E-state index contributed by atoms with van der Waals surface area (Å²) < 4.78 is 3.32. The Morgan fingerprint density at radius 1 is 0.967 bits per heavy atom. The number of hydrogen-bond acceptors (Lipinski definition) is 3. The molecule has 1 heterocycles. The average Bonchev–Trinajstić information content (AvgIpc) is 3.22. The van der Waals surface area contributed by atoms with Gasteiger partial charge in [0.15, 0.2) is 0 Å². The third-order valence-electron chi connectivity index (χ3n) is 4.79. The van der Waals surface area contributed by atoms with Crippen molar-refractivity contribution in [2.75, 3.05) is 13.6 Å². The van der Waals surface area contributed by atoms with Crippen LogP contribution in [-0.2, 0) is 0 Å². The molecule has 1 unspecified atom stereocenters. The minimum Gasteiger partial charge on any atom is -0.295 e. The minimum atomic E-state index is 0.131. The van der Waals surface area contributed by atoms with E-state index in [0.29, 0.717) is 22.5 Å². The quantitative estimate of drug-likeness (QED) is 0.295. The van der Waals surface area contributed by atoms with Crippen LogP contribution in [0.1, 0.15) is 17.0 Å². The third kappa shape index (κ3) is 4.81. The van der Waals surface area contributed by atoms with Crippen LogP contribution in [0.25, 0.3) is 0 Å². The minimum absolute atomic E-state index is 0.131. The molecule has 0 aromatic heterocycles. The summed E-state index contributed by atoms with van der Waals surface area (Å²) in [6, 6.07) is 25.9. The molecule has 0 amide bonds. The van der Waals surface area contributed by atoms with Gasteiger partial charge in [-0.3, -0.25) is 9.71 Å². The summed E-state index contributed by atoms with van der Waals surface area (Å²) in [5, 5.41) is 8.27. The highest BCUT2D eigenvalue weighted by Crippen LogP contribution is 2.30. The predicted molar refractivity (Wildman–Crippen MR) is 128 cm³/mol. The maximum absolute atomic E-state index is 6.09. The normalized spacial score (nSPS) is 16.5. The van der Waals surface area contributed by atoms with Crippen molar-refractivity contribution in [2.24, 2.45) is 10.1 Å². The van der Waals surface area contributed by atoms with Gasteiger partial charge in [0.05, 0.1) is 12.3 Å². The fourth-order valence-corrected chi connectivity index (χ4v) is 4.21. The van der Waals surface area contributed by atoms with Gasteiger partial charge in [0, 0.05) is 27.9 Å². The van der Waals surface area contributed by atoms with Crippen LogP contribution >= 0.6 is 35.1 Å². The number of nitrogens with one attached hydrogen (secondary N) is 1. The van der Waals surface area contributed by atoms with E-state index in [1.165, 1.54) is 17.5 Å². The van der Waals surface area contributed by atoms with E-state index in [4.69, 9.17) is 28.3 Å². The van der Waals surface area contributed by atoms with Gasteiger partial charge in [-0.05, 0) is 59.5 Å². The molecule has 1 aliphatic heterocycles. The molecule has 0 fully saturated rings. The highest BCUT2D eigenvalue weighted by molar-refractivity contribution is 7.98. The van der Waals surface area contributed by atoms with E-state index in [9.17, 15) is 0 Å². The zero-order chi connectivity index (χ0) is 20.9. The lowest BCUT2D eigenvalue weighted by Gasteiger charge is -2.18. The number of rotatable bonds is 4. The molecule has 0 aliphatic carbocycles. The second-order valence-electron chi connectivity index (χ2n) is 6.74. The first kappa shape index (κ1) is 20.8. The van der Waals surface area contributed by atoms with Gasteiger partial charge in [0.25, 0.3) is 0 Å². The Hall–Kier alpha value is -2.47. The fraction of sp³-hybridized carbons (Fsp3) is 0.130. The number of nitrogens with zero attached hydrogens (tertiary/aromatic N) is 3. The maximum atomic E-state index is 6.09. The molecular formula is C23H20Cl2N4S. The zero-order valence-corrected chi connectivity index (χ0v) is 18.6.